The number of alkyl carbamates (subject to hydrolysis) is 1. The molecule has 0 bridgehead atoms. The zero-order valence-electron chi connectivity index (χ0n) is 17.4. The molecule has 0 radical (unpaired) electrons. The standard InChI is InChI=1S/C22H22ClF3N2O3S/c1-11-3-4-13(10-31-22(30)27-2)20(11)32-18-7-12(5-6-15(18)23)21(29)28-14-8-16(24)19(26)17(25)9-14/h5-9,11,13,20H,3-4,10H2,1-2H3,(H,27,30)(H,28,29). The van der Waals surface area contributed by atoms with Gasteiger partial charge < -0.3 is 15.4 Å². The number of carbonyl (C=O) groups is 2. The third-order valence-corrected chi connectivity index (χ3v) is 7.50. The third-order valence-electron chi connectivity index (χ3n) is 5.35. The molecule has 5 nitrogen and oxygen atoms in total. The highest BCUT2D eigenvalue weighted by atomic mass is 35.5. The van der Waals surface area contributed by atoms with Gasteiger partial charge in [0.2, 0.25) is 0 Å². The molecule has 2 aromatic rings. The fraction of sp³-hybridized carbons (Fsp3) is 0.364. The second-order valence-corrected chi connectivity index (χ2v) is 9.23. The number of thioether (sulfide) groups is 1. The summed E-state index contributed by atoms with van der Waals surface area (Å²) in [4.78, 5) is 24.7. The molecule has 32 heavy (non-hydrogen) atoms. The molecule has 1 saturated carbocycles. The van der Waals surface area contributed by atoms with E-state index in [1.165, 1.54) is 24.9 Å². The van der Waals surface area contributed by atoms with Gasteiger partial charge in [-0.25, -0.2) is 18.0 Å². The van der Waals surface area contributed by atoms with Gasteiger partial charge in [-0.15, -0.1) is 11.8 Å². The number of hydrogen-bond donors (Lipinski definition) is 2. The van der Waals surface area contributed by atoms with Gasteiger partial charge >= 0.3 is 6.09 Å². The largest absolute Gasteiger partial charge is 0.449 e. The van der Waals surface area contributed by atoms with Gasteiger partial charge in [-0.05, 0) is 37.0 Å². The van der Waals surface area contributed by atoms with E-state index in [9.17, 15) is 22.8 Å². The number of rotatable bonds is 6. The quantitative estimate of drug-likeness (QED) is 0.501. The Bertz CT molecular complexity index is 1000. The highest BCUT2D eigenvalue weighted by Crippen LogP contribution is 2.44. The summed E-state index contributed by atoms with van der Waals surface area (Å²) in [7, 11) is 1.50. The van der Waals surface area contributed by atoms with E-state index >= 15 is 0 Å². The molecule has 0 aromatic heterocycles. The minimum atomic E-state index is -1.60. The normalized spacial score (nSPS) is 20.1. The molecular formula is C22H22ClF3N2O3S. The SMILES string of the molecule is CNC(=O)OCC1CCC(C)C1Sc1cc(C(=O)Nc2cc(F)c(F)c(F)c2)ccc1Cl. The highest BCUT2D eigenvalue weighted by molar-refractivity contribution is 8.00. The zero-order valence-corrected chi connectivity index (χ0v) is 19.0. The number of amides is 2. The summed E-state index contributed by atoms with van der Waals surface area (Å²) in [6.45, 7) is 2.39. The first-order valence-electron chi connectivity index (χ1n) is 9.96. The van der Waals surface area contributed by atoms with Crippen molar-refractivity contribution >= 4 is 41.1 Å². The minimum absolute atomic E-state index is 0.121. The van der Waals surface area contributed by atoms with Gasteiger partial charge in [0, 0.05) is 46.5 Å². The van der Waals surface area contributed by atoms with Crippen molar-refractivity contribution in [3.05, 3.63) is 58.4 Å². The second-order valence-electron chi connectivity index (χ2n) is 7.60. The molecule has 172 valence electrons. The molecule has 2 amide bonds. The Morgan fingerprint density at radius 2 is 1.84 bits per heavy atom. The van der Waals surface area contributed by atoms with Crippen molar-refractivity contribution in [2.75, 3.05) is 19.0 Å². The average Bonchev–Trinajstić information content (AvgIpc) is 3.10. The lowest BCUT2D eigenvalue weighted by atomic mass is 10.1. The molecule has 0 aliphatic heterocycles. The number of hydrogen-bond acceptors (Lipinski definition) is 4. The summed E-state index contributed by atoms with van der Waals surface area (Å²) in [5, 5.41) is 5.36. The molecule has 10 heteroatoms. The van der Waals surface area contributed by atoms with Crippen LogP contribution in [0.1, 0.15) is 30.1 Å². The molecule has 2 N–H and O–H groups in total. The number of benzene rings is 2. The van der Waals surface area contributed by atoms with Crippen LogP contribution in [0.25, 0.3) is 0 Å². The van der Waals surface area contributed by atoms with Gasteiger partial charge in [0.1, 0.15) is 0 Å². The summed E-state index contributed by atoms with van der Waals surface area (Å²) in [5.74, 6) is -4.54. The summed E-state index contributed by atoms with van der Waals surface area (Å²) in [5.41, 5.74) is 0.0252. The third kappa shape index (κ3) is 5.69. The van der Waals surface area contributed by atoms with Gasteiger partial charge in [0.15, 0.2) is 17.5 Å². The van der Waals surface area contributed by atoms with Gasteiger partial charge in [-0.3, -0.25) is 4.79 Å². The van der Waals surface area contributed by atoms with E-state index in [1.54, 1.807) is 12.1 Å². The van der Waals surface area contributed by atoms with Crippen molar-refractivity contribution < 1.29 is 27.5 Å². The minimum Gasteiger partial charge on any atom is -0.449 e. The van der Waals surface area contributed by atoms with Crippen molar-refractivity contribution in [3.63, 3.8) is 0 Å². The fourth-order valence-electron chi connectivity index (χ4n) is 3.63. The van der Waals surface area contributed by atoms with Crippen LogP contribution in [0.3, 0.4) is 0 Å². The first kappa shape index (κ1) is 24.3. The molecule has 0 saturated heterocycles. The van der Waals surface area contributed by atoms with Crippen LogP contribution in [0.4, 0.5) is 23.7 Å². The van der Waals surface area contributed by atoms with Crippen LogP contribution in [0.5, 0.6) is 0 Å². The Morgan fingerprint density at radius 3 is 2.50 bits per heavy atom. The second kappa shape index (κ2) is 10.5. The van der Waals surface area contributed by atoms with Crippen LogP contribution < -0.4 is 10.6 Å². The molecule has 3 atom stereocenters. The molecule has 0 heterocycles. The van der Waals surface area contributed by atoms with E-state index in [2.05, 4.69) is 17.6 Å². The Hall–Kier alpha value is -2.39. The van der Waals surface area contributed by atoms with Gasteiger partial charge in [-0.2, -0.15) is 0 Å². The van der Waals surface area contributed by atoms with E-state index in [-0.39, 0.29) is 29.0 Å². The maximum Gasteiger partial charge on any atom is 0.406 e. The maximum atomic E-state index is 13.4. The first-order valence-corrected chi connectivity index (χ1v) is 11.2. The number of anilines is 1. The van der Waals surface area contributed by atoms with Crippen LogP contribution in [0, 0.1) is 29.3 Å². The summed E-state index contributed by atoms with van der Waals surface area (Å²) in [6.07, 6.45) is 1.38. The van der Waals surface area contributed by atoms with Crippen molar-refractivity contribution in [3.8, 4) is 0 Å². The smallest absolute Gasteiger partial charge is 0.406 e. The Labute approximate surface area is 193 Å². The van der Waals surface area contributed by atoms with Crippen LogP contribution >= 0.6 is 23.4 Å². The van der Waals surface area contributed by atoms with Crippen LogP contribution in [-0.2, 0) is 4.74 Å². The van der Waals surface area contributed by atoms with Gasteiger partial charge in [-0.1, -0.05) is 18.5 Å². The predicted molar refractivity (Wildman–Crippen MR) is 118 cm³/mol. The van der Waals surface area contributed by atoms with Crippen molar-refractivity contribution in [2.45, 2.75) is 29.9 Å². The van der Waals surface area contributed by atoms with Crippen molar-refractivity contribution in [1.29, 1.82) is 0 Å². The van der Waals surface area contributed by atoms with Crippen LogP contribution in [-0.4, -0.2) is 30.9 Å². The van der Waals surface area contributed by atoms with E-state index in [1.807, 2.05) is 0 Å². The molecule has 1 fully saturated rings. The summed E-state index contributed by atoms with van der Waals surface area (Å²) in [6, 6.07) is 6.07. The molecule has 0 spiro atoms. The van der Waals surface area contributed by atoms with Crippen molar-refractivity contribution in [2.24, 2.45) is 11.8 Å². The van der Waals surface area contributed by atoms with E-state index in [4.69, 9.17) is 16.3 Å². The summed E-state index contributed by atoms with van der Waals surface area (Å²) < 4.78 is 45.2. The summed E-state index contributed by atoms with van der Waals surface area (Å²) >= 11 is 7.86. The predicted octanol–water partition coefficient (Wildman–Crippen LogP) is 5.87. The van der Waals surface area contributed by atoms with Crippen LogP contribution in [0.2, 0.25) is 5.02 Å². The topological polar surface area (TPSA) is 67.4 Å². The fourth-order valence-corrected chi connectivity index (χ4v) is 5.32. The zero-order chi connectivity index (χ0) is 23.4. The van der Waals surface area contributed by atoms with Crippen molar-refractivity contribution in [1.82, 2.24) is 5.32 Å². The number of carbonyl (C=O) groups excluding carboxylic acids is 2. The maximum absolute atomic E-state index is 13.4. The lowest BCUT2D eigenvalue weighted by Crippen LogP contribution is -2.26. The monoisotopic (exact) mass is 486 g/mol. The Balaban J connectivity index is 1.75. The first-order chi connectivity index (χ1) is 15.2. The molecular weight excluding hydrogens is 465 g/mol. The van der Waals surface area contributed by atoms with Gasteiger partial charge in [0.25, 0.3) is 5.91 Å². The Kier molecular flexibility index (Phi) is 7.95. The molecule has 1 aliphatic carbocycles. The Morgan fingerprint density at radius 1 is 1.16 bits per heavy atom. The highest BCUT2D eigenvalue weighted by Gasteiger charge is 2.35. The van der Waals surface area contributed by atoms with E-state index in [0.29, 0.717) is 28.0 Å². The molecule has 3 rings (SSSR count). The average molecular weight is 487 g/mol. The number of ether oxygens (including phenoxy) is 1. The van der Waals surface area contributed by atoms with Gasteiger partial charge in [0.05, 0.1) is 11.6 Å². The lowest BCUT2D eigenvalue weighted by Gasteiger charge is -2.23. The molecule has 3 unspecified atom stereocenters. The molecule has 1 aliphatic rings. The van der Waals surface area contributed by atoms with E-state index in [0.717, 1.165) is 12.8 Å². The van der Waals surface area contributed by atoms with E-state index < -0.39 is 29.5 Å². The number of halogens is 4. The number of nitrogens with one attached hydrogen (secondary N) is 2. The van der Waals surface area contributed by atoms with Crippen LogP contribution in [0.15, 0.2) is 35.2 Å². The molecule has 2 aromatic carbocycles. The lowest BCUT2D eigenvalue weighted by molar-refractivity contribution is 0.102.